The molecule has 0 spiro atoms. The van der Waals surface area contributed by atoms with Crippen molar-refractivity contribution in [1.29, 1.82) is 0 Å². The third-order valence-electron chi connectivity index (χ3n) is 3.55. The van der Waals surface area contributed by atoms with E-state index in [1.807, 2.05) is 0 Å². The summed E-state index contributed by atoms with van der Waals surface area (Å²) in [7, 11) is 4.39. The van der Waals surface area contributed by atoms with E-state index in [4.69, 9.17) is 24.1 Å². The highest BCUT2D eigenvalue weighted by molar-refractivity contribution is 5.96. The molecule has 2 N–H and O–H groups in total. The van der Waals surface area contributed by atoms with E-state index in [1.165, 1.54) is 39.7 Å². The van der Waals surface area contributed by atoms with E-state index >= 15 is 0 Å². The fourth-order valence-corrected chi connectivity index (χ4v) is 2.24. The number of carboxylic acids is 1. The molecule has 0 aliphatic heterocycles. The minimum Gasteiger partial charge on any atom is -0.493 e. The molecule has 2 aromatic rings. The molecule has 0 unspecified atom stereocenters. The Morgan fingerprint density at radius 3 is 2.14 bits per heavy atom. The number of aliphatic carboxylic acids is 1. The number of benzene rings is 2. The van der Waals surface area contributed by atoms with Crippen molar-refractivity contribution in [2.45, 2.75) is 0 Å². The first-order valence-electron chi connectivity index (χ1n) is 8.06. The molecule has 0 saturated carbocycles. The van der Waals surface area contributed by atoms with E-state index in [0.29, 0.717) is 28.6 Å². The largest absolute Gasteiger partial charge is 0.493 e. The van der Waals surface area contributed by atoms with Crippen molar-refractivity contribution >= 4 is 18.1 Å². The highest BCUT2D eigenvalue weighted by atomic mass is 16.5. The molecule has 9 heteroatoms. The lowest BCUT2D eigenvalue weighted by Crippen LogP contribution is -2.18. The maximum absolute atomic E-state index is 12.3. The molecule has 28 heavy (non-hydrogen) atoms. The van der Waals surface area contributed by atoms with Crippen molar-refractivity contribution in [3.05, 3.63) is 47.5 Å². The summed E-state index contributed by atoms with van der Waals surface area (Å²) in [5.74, 6) is -0.00539. The molecule has 0 aromatic heterocycles. The van der Waals surface area contributed by atoms with Gasteiger partial charge in [-0.15, -0.1) is 0 Å². The van der Waals surface area contributed by atoms with E-state index in [9.17, 15) is 9.59 Å². The zero-order valence-corrected chi connectivity index (χ0v) is 15.6. The minimum absolute atomic E-state index is 0.282. The molecule has 0 atom stereocenters. The van der Waals surface area contributed by atoms with Gasteiger partial charge < -0.3 is 24.1 Å². The summed E-state index contributed by atoms with van der Waals surface area (Å²) in [6.45, 7) is -0.418. The number of carboxylic acid groups (broad SMARTS) is 1. The van der Waals surface area contributed by atoms with Gasteiger partial charge in [0, 0.05) is 5.56 Å². The number of rotatable bonds is 9. The van der Waals surface area contributed by atoms with Gasteiger partial charge >= 0.3 is 5.97 Å². The third kappa shape index (κ3) is 5.37. The van der Waals surface area contributed by atoms with Crippen LogP contribution in [0.3, 0.4) is 0 Å². The number of nitrogens with one attached hydrogen (secondary N) is 1. The molecule has 0 bridgehead atoms. The SMILES string of the molecule is COc1cc(C(=O)N/N=C/c2ccc(OCC(=O)O)cc2)cc(OC)c1OC. The van der Waals surface area contributed by atoms with Crippen LogP contribution in [0, 0.1) is 0 Å². The molecule has 9 nitrogen and oxygen atoms in total. The van der Waals surface area contributed by atoms with Crippen molar-refractivity contribution in [1.82, 2.24) is 5.43 Å². The van der Waals surface area contributed by atoms with Crippen LogP contribution < -0.4 is 24.4 Å². The quantitative estimate of drug-likeness (QED) is 0.498. The molecule has 0 saturated heterocycles. The summed E-state index contributed by atoms with van der Waals surface area (Å²) in [6, 6.07) is 9.58. The third-order valence-corrected chi connectivity index (χ3v) is 3.55. The molecule has 0 radical (unpaired) electrons. The lowest BCUT2D eigenvalue weighted by molar-refractivity contribution is -0.139. The van der Waals surface area contributed by atoms with Crippen LogP contribution in [0.15, 0.2) is 41.5 Å². The zero-order valence-electron chi connectivity index (χ0n) is 15.6. The fraction of sp³-hybridized carbons (Fsp3) is 0.211. The topological polar surface area (TPSA) is 116 Å². The number of carbonyl (C=O) groups is 2. The molecule has 1 amide bonds. The van der Waals surface area contributed by atoms with E-state index < -0.39 is 18.5 Å². The summed E-state index contributed by atoms with van der Waals surface area (Å²) in [5.41, 5.74) is 3.38. The highest BCUT2D eigenvalue weighted by Gasteiger charge is 2.16. The first kappa shape index (κ1) is 20.6. The lowest BCUT2D eigenvalue weighted by atomic mass is 10.1. The maximum atomic E-state index is 12.3. The van der Waals surface area contributed by atoms with Gasteiger partial charge in [0.1, 0.15) is 5.75 Å². The van der Waals surface area contributed by atoms with Gasteiger partial charge in [0.25, 0.3) is 5.91 Å². The van der Waals surface area contributed by atoms with Crippen molar-refractivity contribution < 1.29 is 33.6 Å². The summed E-state index contributed by atoms with van der Waals surface area (Å²) >= 11 is 0. The second kappa shape index (κ2) is 9.81. The summed E-state index contributed by atoms with van der Waals surface area (Å²) in [4.78, 5) is 22.8. The van der Waals surface area contributed by atoms with Crippen LogP contribution in [-0.2, 0) is 4.79 Å². The number of hydrazone groups is 1. The Balaban J connectivity index is 2.04. The van der Waals surface area contributed by atoms with E-state index in [0.717, 1.165) is 0 Å². The van der Waals surface area contributed by atoms with Crippen molar-refractivity contribution in [2.75, 3.05) is 27.9 Å². The van der Waals surface area contributed by atoms with Crippen LogP contribution in [0.2, 0.25) is 0 Å². The second-order valence-corrected chi connectivity index (χ2v) is 5.36. The second-order valence-electron chi connectivity index (χ2n) is 5.36. The van der Waals surface area contributed by atoms with Crippen molar-refractivity contribution in [3.8, 4) is 23.0 Å². The van der Waals surface area contributed by atoms with E-state index in [2.05, 4.69) is 10.5 Å². The summed E-state index contributed by atoms with van der Waals surface area (Å²) in [6.07, 6.45) is 1.44. The molecule has 0 aliphatic rings. The minimum atomic E-state index is -1.06. The molecular formula is C19H20N2O7. The number of nitrogens with zero attached hydrogens (tertiary/aromatic N) is 1. The van der Waals surface area contributed by atoms with Gasteiger partial charge in [0.15, 0.2) is 18.1 Å². The van der Waals surface area contributed by atoms with Crippen LogP contribution in [-0.4, -0.2) is 51.1 Å². The van der Waals surface area contributed by atoms with Gasteiger partial charge in [-0.1, -0.05) is 0 Å². The average molecular weight is 388 g/mol. The van der Waals surface area contributed by atoms with Crippen molar-refractivity contribution in [3.63, 3.8) is 0 Å². The van der Waals surface area contributed by atoms with E-state index in [-0.39, 0.29) is 5.56 Å². The molecule has 0 heterocycles. The monoisotopic (exact) mass is 388 g/mol. The van der Waals surface area contributed by atoms with Gasteiger partial charge in [-0.2, -0.15) is 5.10 Å². The molecule has 2 rings (SSSR count). The number of hydrogen-bond acceptors (Lipinski definition) is 7. The Labute approximate surface area is 161 Å². The van der Waals surface area contributed by atoms with Gasteiger partial charge in [-0.05, 0) is 42.0 Å². The van der Waals surface area contributed by atoms with Crippen LogP contribution in [0.5, 0.6) is 23.0 Å². The molecular weight excluding hydrogens is 368 g/mol. The maximum Gasteiger partial charge on any atom is 0.341 e. The first-order chi connectivity index (χ1) is 13.5. The Morgan fingerprint density at radius 2 is 1.64 bits per heavy atom. The average Bonchev–Trinajstić information content (AvgIpc) is 2.71. The van der Waals surface area contributed by atoms with Crippen LogP contribution in [0.25, 0.3) is 0 Å². The lowest BCUT2D eigenvalue weighted by Gasteiger charge is -2.13. The summed E-state index contributed by atoms with van der Waals surface area (Å²) < 4.78 is 20.7. The summed E-state index contributed by atoms with van der Waals surface area (Å²) in [5, 5.41) is 12.5. The number of hydrogen-bond donors (Lipinski definition) is 2. The molecule has 0 fully saturated rings. The number of methoxy groups -OCH3 is 3. The number of amides is 1. The normalized spacial score (nSPS) is 10.4. The Bertz CT molecular complexity index is 838. The predicted octanol–water partition coefficient (Wildman–Crippen LogP) is 1.94. The van der Waals surface area contributed by atoms with Gasteiger partial charge in [0.05, 0.1) is 27.5 Å². The predicted molar refractivity (Wildman–Crippen MR) is 101 cm³/mol. The van der Waals surface area contributed by atoms with Crippen LogP contribution in [0.1, 0.15) is 15.9 Å². The van der Waals surface area contributed by atoms with E-state index in [1.54, 1.807) is 24.3 Å². The van der Waals surface area contributed by atoms with Gasteiger partial charge in [-0.3, -0.25) is 4.79 Å². The number of carbonyl (C=O) groups excluding carboxylic acids is 1. The van der Waals surface area contributed by atoms with Crippen LogP contribution >= 0.6 is 0 Å². The Morgan fingerprint density at radius 1 is 1.04 bits per heavy atom. The Kier molecular flexibility index (Phi) is 7.21. The van der Waals surface area contributed by atoms with Gasteiger partial charge in [-0.25, -0.2) is 10.2 Å². The fourth-order valence-electron chi connectivity index (χ4n) is 2.24. The van der Waals surface area contributed by atoms with Gasteiger partial charge in [0.2, 0.25) is 5.75 Å². The molecule has 2 aromatic carbocycles. The first-order valence-corrected chi connectivity index (χ1v) is 8.06. The smallest absolute Gasteiger partial charge is 0.341 e. The highest BCUT2D eigenvalue weighted by Crippen LogP contribution is 2.38. The van der Waals surface area contributed by atoms with Crippen LogP contribution in [0.4, 0.5) is 0 Å². The Hall–Kier alpha value is -3.75. The van der Waals surface area contributed by atoms with Crippen molar-refractivity contribution in [2.24, 2.45) is 5.10 Å². The molecule has 148 valence electrons. The standard InChI is InChI=1S/C19H20N2O7/c1-25-15-8-13(9-16(26-2)18(15)27-3)19(24)21-20-10-12-4-6-14(7-5-12)28-11-17(22)23/h4-10H,11H2,1-3H3,(H,21,24)(H,22,23)/b20-10+. The molecule has 0 aliphatic carbocycles. The number of ether oxygens (including phenoxy) is 4. The zero-order chi connectivity index (χ0) is 20.5.